The first-order valence-corrected chi connectivity index (χ1v) is 3.98. The lowest BCUT2D eigenvalue weighted by Crippen LogP contribution is -1.96. The highest BCUT2D eigenvalue weighted by Crippen LogP contribution is 2.18. The SMILES string of the molecule is CNc1cc(C)c(C)cc1C=N. The molecule has 0 spiro atoms. The van der Waals surface area contributed by atoms with Crippen LogP contribution in [-0.4, -0.2) is 13.3 Å². The number of rotatable bonds is 2. The lowest BCUT2D eigenvalue weighted by molar-refractivity contribution is 1.32. The molecule has 0 aliphatic carbocycles. The predicted octanol–water partition coefficient (Wildman–Crippen LogP) is 2.34. The van der Waals surface area contributed by atoms with Gasteiger partial charge in [0, 0.05) is 24.5 Å². The van der Waals surface area contributed by atoms with Crippen LogP contribution >= 0.6 is 0 Å². The second-order valence-corrected chi connectivity index (χ2v) is 2.92. The molecular weight excluding hydrogens is 148 g/mol. The molecule has 0 aliphatic rings. The van der Waals surface area contributed by atoms with E-state index in [1.807, 2.05) is 13.1 Å². The average Bonchev–Trinajstić information content (AvgIpc) is 2.09. The average molecular weight is 162 g/mol. The van der Waals surface area contributed by atoms with Gasteiger partial charge >= 0.3 is 0 Å². The minimum Gasteiger partial charge on any atom is -0.388 e. The molecule has 1 rings (SSSR count). The van der Waals surface area contributed by atoms with Gasteiger partial charge in [-0.3, -0.25) is 0 Å². The number of anilines is 1. The number of hydrogen-bond donors (Lipinski definition) is 2. The zero-order chi connectivity index (χ0) is 9.14. The maximum absolute atomic E-state index is 7.19. The van der Waals surface area contributed by atoms with Crippen molar-refractivity contribution < 1.29 is 0 Å². The largest absolute Gasteiger partial charge is 0.388 e. The molecular formula is C10H14N2. The standard InChI is InChI=1S/C10H14N2/c1-7-4-9(6-11)10(12-3)5-8(7)2/h4-6,11-12H,1-3H3. The second kappa shape index (κ2) is 3.39. The first kappa shape index (κ1) is 8.78. The van der Waals surface area contributed by atoms with Crippen LogP contribution in [0.3, 0.4) is 0 Å². The highest BCUT2D eigenvalue weighted by atomic mass is 14.8. The fourth-order valence-corrected chi connectivity index (χ4v) is 1.17. The fraction of sp³-hybridized carbons (Fsp3) is 0.300. The normalized spacial score (nSPS) is 9.58. The van der Waals surface area contributed by atoms with E-state index in [-0.39, 0.29) is 0 Å². The van der Waals surface area contributed by atoms with Gasteiger partial charge in [-0.1, -0.05) is 0 Å². The molecule has 0 aliphatic heterocycles. The zero-order valence-electron chi connectivity index (χ0n) is 7.73. The molecule has 0 bridgehead atoms. The molecule has 1 aromatic rings. The lowest BCUT2D eigenvalue weighted by Gasteiger charge is -2.08. The minimum absolute atomic E-state index is 0.945. The van der Waals surface area contributed by atoms with E-state index in [1.54, 1.807) is 0 Å². The number of aryl methyl sites for hydroxylation is 2. The van der Waals surface area contributed by atoms with Crippen LogP contribution in [0.25, 0.3) is 0 Å². The van der Waals surface area contributed by atoms with Crippen molar-refractivity contribution in [2.45, 2.75) is 13.8 Å². The molecule has 2 heteroatoms. The van der Waals surface area contributed by atoms with Crippen LogP contribution in [-0.2, 0) is 0 Å². The summed E-state index contributed by atoms with van der Waals surface area (Å²) in [5.74, 6) is 0. The van der Waals surface area contributed by atoms with E-state index in [0.717, 1.165) is 11.3 Å². The molecule has 0 saturated carbocycles. The van der Waals surface area contributed by atoms with Gasteiger partial charge in [0.1, 0.15) is 0 Å². The Hall–Kier alpha value is -1.31. The van der Waals surface area contributed by atoms with Crippen LogP contribution in [0.15, 0.2) is 12.1 Å². The van der Waals surface area contributed by atoms with E-state index >= 15 is 0 Å². The summed E-state index contributed by atoms with van der Waals surface area (Å²) in [4.78, 5) is 0. The van der Waals surface area contributed by atoms with E-state index < -0.39 is 0 Å². The molecule has 12 heavy (non-hydrogen) atoms. The van der Waals surface area contributed by atoms with E-state index in [2.05, 4.69) is 25.2 Å². The number of hydrogen-bond acceptors (Lipinski definition) is 2. The maximum Gasteiger partial charge on any atom is 0.0429 e. The monoisotopic (exact) mass is 162 g/mol. The van der Waals surface area contributed by atoms with Crippen molar-refractivity contribution >= 4 is 11.9 Å². The molecule has 0 radical (unpaired) electrons. The van der Waals surface area contributed by atoms with Crippen molar-refractivity contribution in [3.8, 4) is 0 Å². The summed E-state index contributed by atoms with van der Waals surface area (Å²) in [7, 11) is 1.87. The molecule has 1 aromatic carbocycles. The van der Waals surface area contributed by atoms with Crippen LogP contribution in [0.4, 0.5) is 5.69 Å². The van der Waals surface area contributed by atoms with Crippen molar-refractivity contribution in [3.05, 3.63) is 28.8 Å². The van der Waals surface area contributed by atoms with Gasteiger partial charge in [-0.25, -0.2) is 0 Å². The predicted molar refractivity (Wildman–Crippen MR) is 53.3 cm³/mol. The van der Waals surface area contributed by atoms with Gasteiger partial charge in [0.05, 0.1) is 0 Å². The summed E-state index contributed by atoms with van der Waals surface area (Å²) in [5, 5.41) is 10.3. The first-order valence-electron chi connectivity index (χ1n) is 3.98. The lowest BCUT2D eigenvalue weighted by atomic mass is 10.0. The van der Waals surface area contributed by atoms with Crippen molar-refractivity contribution in [2.75, 3.05) is 12.4 Å². The maximum atomic E-state index is 7.19. The van der Waals surface area contributed by atoms with Crippen molar-refractivity contribution in [3.63, 3.8) is 0 Å². The Labute approximate surface area is 73.1 Å². The number of benzene rings is 1. The van der Waals surface area contributed by atoms with Gasteiger partial charge in [0.2, 0.25) is 0 Å². The molecule has 2 N–H and O–H groups in total. The quantitative estimate of drug-likeness (QED) is 0.643. The summed E-state index contributed by atoms with van der Waals surface area (Å²) in [6.45, 7) is 4.13. The Morgan fingerprint density at radius 2 is 1.83 bits per heavy atom. The first-order chi connectivity index (χ1) is 5.69. The second-order valence-electron chi connectivity index (χ2n) is 2.92. The summed E-state index contributed by atoms with van der Waals surface area (Å²) in [6.07, 6.45) is 1.37. The Morgan fingerprint density at radius 1 is 1.25 bits per heavy atom. The van der Waals surface area contributed by atoms with Gasteiger partial charge in [0.15, 0.2) is 0 Å². The molecule has 0 amide bonds. The van der Waals surface area contributed by atoms with Crippen molar-refractivity contribution in [2.24, 2.45) is 0 Å². The van der Waals surface area contributed by atoms with Gasteiger partial charge in [-0.15, -0.1) is 0 Å². The molecule has 0 heterocycles. The van der Waals surface area contributed by atoms with Gasteiger partial charge in [0.25, 0.3) is 0 Å². The van der Waals surface area contributed by atoms with Gasteiger partial charge in [-0.2, -0.15) is 0 Å². The third-order valence-electron chi connectivity index (χ3n) is 2.09. The highest BCUT2D eigenvalue weighted by molar-refractivity contribution is 5.86. The summed E-state index contributed by atoms with van der Waals surface area (Å²) in [6, 6.07) is 4.09. The van der Waals surface area contributed by atoms with E-state index in [4.69, 9.17) is 5.41 Å². The van der Waals surface area contributed by atoms with Crippen LogP contribution in [0.1, 0.15) is 16.7 Å². The van der Waals surface area contributed by atoms with Gasteiger partial charge < -0.3 is 10.7 Å². The summed E-state index contributed by atoms with van der Waals surface area (Å²) >= 11 is 0. The number of nitrogens with one attached hydrogen (secondary N) is 2. The third-order valence-corrected chi connectivity index (χ3v) is 2.09. The molecule has 0 aromatic heterocycles. The third kappa shape index (κ3) is 1.47. The Bertz CT molecular complexity index is 303. The fourth-order valence-electron chi connectivity index (χ4n) is 1.17. The smallest absolute Gasteiger partial charge is 0.0429 e. The topological polar surface area (TPSA) is 35.9 Å². The van der Waals surface area contributed by atoms with Gasteiger partial charge in [-0.05, 0) is 37.1 Å². The molecule has 0 unspecified atom stereocenters. The van der Waals surface area contributed by atoms with E-state index in [1.165, 1.54) is 17.3 Å². The summed E-state index contributed by atoms with van der Waals surface area (Å²) < 4.78 is 0. The highest BCUT2D eigenvalue weighted by Gasteiger charge is 2.00. The zero-order valence-corrected chi connectivity index (χ0v) is 7.73. The Morgan fingerprint density at radius 3 is 2.33 bits per heavy atom. The van der Waals surface area contributed by atoms with Crippen LogP contribution in [0.5, 0.6) is 0 Å². The molecule has 0 atom stereocenters. The van der Waals surface area contributed by atoms with Crippen LogP contribution in [0.2, 0.25) is 0 Å². The minimum atomic E-state index is 0.945. The van der Waals surface area contributed by atoms with Crippen molar-refractivity contribution in [1.29, 1.82) is 5.41 Å². The van der Waals surface area contributed by atoms with Crippen molar-refractivity contribution in [1.82, 2.24) is 0 Å². The molecule has 0 saturated heterocycles. The van der Waals surface area contributed by atoms with Crippen LogP contribution in [0, 0.1) is 19.3 Å². The molecule has 64 valence electrons. The van der Waals surface area contributed by atoms with E-state index in [9.17, 15) is 0 Å². The Balaban J connectivity index is 3.28. The van der Waals surface area contributed by atoms with Crippen LogP contribution < -0.4 is 5.32 Å². The molecule has 0 fully saturated rings. The van der Waals surface area contributed by atoms with E-state index in [0.29, 0.717) is 0 Å². The summed E-state index contributed by atoms with van der Waals surface area (Å²) in [5.41, 5.74) is 4.45. The Kier molecular flexibility index (Phi) is 2.48. The molecule has 2 nitrogen and oxygen atoms in total.